The number of rotatable bonds is 5. The van der Waals surface area contributed by atoms with E-state index in [1.54, 1.807) is 0 Å². The first-order valence-electron chi connectivity index (χ1n) is 20.2. The van der Waals surface area contributed by atoms with Crippen LogP contribution in [0, 0.1) is 0 Å². The SMILES string of the molecule is C1=C(c2ccccc2)C=c2c3[p+]4c5c(cc(-c6ccccc6)c6oc7ccccc7n(c65)C13)n(-c1ccccc1)c1cc(-c3ccccc3)cc(c1-4)n2-c1ccccc1. The maximum atomic E-state index is 7.21. The van der Waals surface area contributed by atoms with Crippen molar-refractivity contribution in [2.45, 2.75) is 6.04 Å². The second-order valence-corrected chi connectivity index (χ2v) is 17.6. The monoisotopic (exact) mass is 772 g/mol. The summed E-state index contributed by atoms with van der Waals surface area (Å²) in [5.41, 5.74) is 17.0. The van der Waals surface area contributed by atoms with Crippen molar-refractivity contribution in [2.75, 3.05) is 0 Å². The van der Waals surface area contributed by atoms with E-state index in [4.69, 9.17) is 4.42 Å². The summed E-state index contributed by atoms with van der Waals surface area (Å²) in [6.45, 7) is 0. The Morgan fingerprint density at radius 2 is 1.03 bits per heavy atom. The van der Waals surface area contributed by atoms with Crippen molar-refractivity contribution in [3.05, 3.63) is 216 Å². The molecule has 8 aromatic carbocycles. The van der Waals surface area contributed by atoms with Gasteiger partial charge >= 0.3 is 0 Å². The topological polar surface area (TPSA) is 27.9 Å². The summed E-state index contributed by atoms with van der Waals surface area (Å²) in [4.78, 5) is 0. The summed E-state index contributed by atoms with van der Waals surface area (Å²) in [5.74, 6) is 0. The largest absolute Gasteiger partial charge is 0.452 e. The van der Waals surface area contributed by atoms with Gasteiger partial charge in [0.2, 0.25) is 10.4 Å². The normalized spacial score (nSPS) is 14.5. The molecule has 13 rings (SSSR count). The molecule has 0 fully saturated rings. The third kappa shape index (κ3) is 4.69. The average molecular weight is 773 g/mol. The van der Waals surface area contributed by atoms with Crippen LogP contribution in [0.2, 0.25) is 0 Å². The number of fused-ring (bicyclic) bond motifs is 3. The van der Waals surface area contributed by atoms with E-state index in [9.17, 15) is 0 Å². The highest BCUT2D eigenvalue weighted by Crippen LogP contribution is 2.63. The molecule has 0 radical (unpaired) electrons. The summed E-state index contributed by atoms with van der Waals surface area (Å²) >= 11 is 0. The van der Waals surface area contributed by atoms with Crippen molar-refractivity contribution in [3.8, 4) is 38.9 Å². The van der Waals surface area contributed by atoms with Crippen LogP contribution in [0.25, 0.3) is 94.4 Å². The van der Waals surface area contributed by atoms with Gasteiger partial charge in [0, 0.05) is 16.9 Å². The molecule has 0 saturated heterocycles. The molecule has 0 saturated carbocycles. The highest BCUT2D eigenvalue weighted by atomic mass is 31.1. The summed E-state index contributed by atoms with van der Waals surface area (Å²) in [5, 5.41) is 5.42. The van der Waals surface area contributed by atoms with Gasteiger partial charge in [0.25, 0.3) is 0 Å². The minimum atomic E-state index is -1.05. The van der Waals surface area contributed by atoms with Gasteiger partial charge in [-0.2, -0.15) is 0 Å². The van der Waals surface area contributed by atoms with E-state index in [2.05, 4.69) is 220 Å². The van der Waals surface area contributed by atoms with Gasteiger partial charge in [-0.15, -0.1) is 0 Å². The van der Waals surface area contributed by atoms with Gasteiger partial charge in [-0.25, -0.2) is 0 Å². The predicted octanol–water partition coefficient (Wildman–Crippen LogP) is 13.9. The van der Waals surface area contributed by atoms with Crippen molar-refractivity contribution in [1.29, 1.82) is 0 Å². The van der Waals surface area contributed by atoms with E-state index < -0.39 is 7.53 Å². The zero-order chi connectivity index (χ0) is 38.6. The predicted molar refractivity (Wildman–Crippen MR) is 246 cm³/mol. The number of hydrogen-bond donors (Lipinski definition) is 0. The molecule has 4 heterocycles. The third-order valence-corrected chi connectivity index (χ3v) is 15.1. The minimum Gasteiger partial charge on any atom is -0.452 e. The Labute approximate surface area is 341 Å². The van der Waals surface area contributed by atoms with Crippen molar-refractivity contribution in [1.82, 2.24) is 13.7 Å². The van der Waals surface area contributed by atoms with Gasteiger partial charge in [-0.1, -0.05) is 140 Å². The lowest BCUT2D eigenvalue weighted by Crippen LogP contribution is -2.32. The Kier molecular flexibility index (Phi) is 6.95. The zero-order valence-corrected chi connectivity index (χ0v) is 32.8. The molecule has 0 spiro atoms. The van der Waals surface area contributed by atoms with Crippen LogP contribution in [0.3, 0.4) is 0 Å². The average Bonchev–Trinajstić information content (AvgIpc) is 3.31. The third-order valence-electron chi connectivity index (χ3n) is 12.3. The number of allylic oxidation sites excluding steroid dienone is 2. The molecule has 0 bridgehead atoms. The molecular formula is C54H35N3OP+. The summed E-state index contributed by atoms with van der Waals surface area (Å²) < 4.78 is 14.9. The van der Waals surface area contributed by atoms with Gasteiger partial charge in [-0.3, -0.25) is 0 Å². The Bertz CT molecular complexity index is 3580. The molecule has 59 heavy (non-hydrogen) atoms. The fraction of sp³-hybridized carbons (Fsp3) is 0.0185. The highest BCUT2D eigenvalue weighted by Gasteiger charge is 2.45. The summed E-state index contributed by atoms with van der Waals surface area (Å²) in [6, 6.07) is 70.3. The minimum absolute atomic E-state index is 0.0734. The maximum absolute atomic E-state index is 7.21. The fourth-order valence-electron chi connectivity index (χ4n) is 9.84. The van der Waals surface area contributed by atoms with Gasteiger partial charge < -0.3 is 18.1 Å². The molecule has 276 valence electrons. The Morgan fingerprint density at radius 1 is 0.475 bits per heavy atom. The highest BCUT2D eigenvalue weighted by molar-refractivity contribution is 7.64. The number of aromatic nitrogens is 3. The van der Waals surface area contributed by atoms with E-state index >= 15 is 0 Å². The number of hydrogen-bond acceptors (Lipinski definition) is 1. The van der Waals surface area contributed by atoms with Crippen molar-refractivity contribution in [3.63, 3.8) is 0 Å². The number of nitrogens with zero attached hydrogens (tertiary/aromatic N) is 3. The molecule has 3 aliphatic heterocycles. The summed E-state index contributed by atoms with van der Waals surface area (Å²) in [7, 11) is -1.05. The second-order valence-electron chi connectivity index (χ2n) is 15.5. The van der Waals surface area contributed by atoms with Gasteiger partial charge in [-0.05, 0) is 94.6 Å². The number of benzene rings is 8. The molecule has 0 N–H and O–H groups in total. The Balaban J connectivity index is 1.37. The second kappa shape index (κ2) is 12.6. The first kappa shape index (κ1) is 32.7. The lowest BCUT2D eigenvalue weighted by Gasteiger charge is -2.32. The maximum Gasteiger partial charge on any atom is 0.206 e. The first-order valence-corrected chi connectivity index (χ1v) is 21.6. The molecular weight excluding hydrogens is 738 g/mol. The summed E-state index contributed by atoms with van der Waals surface area (Å²) in [6.07, 6.45) is 4.99. The van der Waals surface area contributed by atoms with Crippen LogP contribution in [-0.4, -0.2) is 13.7 Å². The van der Waals surface area contributed by atoms with Gasteiger partial charge in [0.05, 0.1) is 21.9 Å². The first-order chi connectivity index (χ1) is 29.3. The molecule has 1 aromatic heterocycles. The lowest BCUT2D eigenvalue weighted by atomic mass is 9.96. The van der Waals surface area contributed by atoms with E-state index in [0.29, 0.717) is 0 Å². The van der Waals surface area contributed by atoms with Crippen molar-refractivity contribution < 1.29 is 4.42 Å². The molecule has 1 aliphatic carbocycles. The molecule has 2 unspecified atom stereocenters. The molecule has 2 atom stereocenters. The molecule has 4 aliphatic rings. The number of para-hydroxylation sites is 4. The van der Waals surface area contributed by atoms with Crippen LogP contribution in [0.1, 0.15) is 16.9 Å². The molecule has 5 heteroatoms. The van der Waals surface area contributed by atoms with E-state index in [1.165, 1.54) is 65.4 Å². The van der Waals surface area contributed by atoms with Crippen LogP contribution in [-0.2, 0) is 0 Å². The van der Waals surface area contributed by atoms with Crippen LogP contribution in [0.5, 0.6) is 0 Å². The quantitative estimate of drug-likeness (QED) is 0.126. The van der Waals surface area contributed by atoms with Crippen LogP contribution in [0.15, 0.2) is 205 Å². The van der Waals surface area contributed by atoms with E-state index in [-0.39, 0.29) is 6.04 Å². The fourth-order valence-corrected chi connectivity index (χ4v) is 13.0. The van der Waals surface area contributed by atoms with Gasteiger partial charge in [0.1, 0.15) is 17.1 Å². The lowest BCUT2D eigenvalue weighted by molar-refractivity contribution is 0.636. The van der Waals surface area contributed by atoms with Crippen LogP contribution in [0.4, 0.5) is 0 Å². The zero-order valence-electron chi connectivity index (χ0n) is 31.9. The van der Waals surface area contributed by atoms with Crippen molar-refractivity contribution in [2.24, 2.45) is 0 Å². The smallest absolute Gasteiger partial charge is 0.206 e. The standard InChI is InChI=1S/C54H35N3OP/c1-6-18-35(19-7-1)38-30-44-52-45(31-38)56(41-26-14-5-15-27-41)48-34-42(37-22-10-3-11-23-37)51-50-54(48)59(52)53-46(55(44)40-24-12-4-13-25-40)32-39(36-20-8-2-9-21-36)33-47(53)57(50)43-28-16-17-29-49(43)58-51/h1-34,47H/q+1. The van der Waals surface area contributed by atoms with Crippen LogP contribution >= 0.6 is 7.53 Å². The van der Waals surface area contributed by atoms with E-state index in [1.807, 2.05) is 0 Å². The molecule has 9 aromatic rings. The van der Waals surface area contributed by atoms with Crippen molar-refractivity contribution >= 4 is 63.1 Å². The molecule has 0 amide bonds. The van der Waals surface area contributed by atoms with E-state index in [0.717, 1.165) is 39.2 Å². The Morgan fingerprint density at radius 3 is 1.71 bits per heavy atom. The molecule has 4 nitrogen and oxygen atoms in total. The van der Waals surface area contributed by atoms with Crippen LogP contribution < -0.4 is 5.35 Å². The van der Waals surface area contributed by atoms with Gasteiger partial charge in [0.15, 0.2) is 24.0 Å². The Hall–Kier alpha value is -7.39.